The van der Waals surface area contributed by atoms with Gasteiger partial charge in [-0.3, -0.25) is 9.36 Å². The fourth-order valence-electron chi connectivity index (χ4n) is 3.22. The molecule has 1 aliphatic carbocycles. The number of hydrogen-bond acceptors (Lipinski definition) is 5. The molecule has 0 bridgehead atoms. The molecule has 134 valence electrons. The molecular weight excluding hydrogens is 336 g/mol. The Morgan fingerprint density at radius 2 is 2.08 bits per heavy atom. The molecule has 1 saturated carbocycles. The van der Waals surface area contributed by atoms with Crippen molar-refractivity contribution in [1.82, 2.24) is 19.7 Å². The average Bonchev–Trinajstić information content (AvgIpc) is 3.14. The molecule has 0 unspecified atom stereocenters. The Hall–Kier alpha value is -2.02. The van der Waals surface area contributed by atoms with Gasteiger partial charge in [-0.2, -0.15) is 0 Å². The first-order chi connectivity index (χ1) is 12.2. The molecular formula is C18H24N4O2S. The van der Waals surface area contributed by atoms with Crippen molar-refractivity contribution in [2.45, 2.75) is 43.3 Å². The highest BCUT2D eigenvalue weighted by molar-refractivity contribution is 7.99. The van der Waals surface area contributed by atoms with Crippen molar-refractivity contribution in [3.63, 3.8) is 0 Å². The summed E-state index contributed by atoms with van der Waals surface area (Å²) in [6, 6.07) is 8.08. The predicted molar refractivity (Wildman–Crippen MR) is 98.3 cm³/mol. The molecule has 1 aliphatic rings. The maximum absolute atomic E-state index is 12.5. The summed E-state index contributed by atoms with van der Waals surface area (Å²) >= 11 is 1.41. The number of thioether (sulfide) groups is 1. The van der Waals surface area contributed by atoms with Crippen LogP contribution in [0.15, 0.2) is 35.7 Å². The number of para-hydroxylation sites is 2. The second-order valence-corrected chi connectivity index (χ2v) is 7.18. The maximum atomic E-state index is 12.5. The molecule has 1 amide bonds. The summed E-state index contributed by atoms with van der Waals surface area (Å²) in [5.74, 6) is 1.25. The monoisotopic (exact) mass is 360 g/mol. The lowest BCUT2D eigenvalue weighted by Gasteiger charge is -2.31. The number of ether oxygens (including phenoxy) is 1. The zero-order valence-corrected chi connectivity index (χ0v) is 15.5. The summed E-state index contributed by atoms with van der Waals surface area (Å²) in [4.78, 5) is 14.4. The van der Waals surface area contributed by atoms with E-state index in [0.29, 0.717) is 17.0 Å². The number of carbonyl (C=O) groups excluding carboxylic acids is 1. The molecule has 0 saturated heterocycles. The molecule has 0 N–H and O–H groups in total. The van der Waals surface area contributed by atoms with Gasteiger partial charge in [0.05, 0.1) is 18.6 Å². The van der Waals surface area contributed by atoms with Crippen molar-refractivity contribution in [2.24, 2.45) is 0 Å². The molecule has 6 nitrogen and oxygen atoms in total. The smallest absolute Gasteiger partial charge is 0.233 e. The van der Waals surface area contributed by atoms with Crippen molar-refractivity contribution < 1.29 is 9.53 Å². The molecule has 1 heterocycles. The topological polar surface area (TPSA) is 60.2 Å². The number of aromatic nitrogens is 3. The van der Waals surface area contributed by atoms with E-state index in [1.54, 1.807) is 13.4 Å². The van der Waals surface area contributed by atoms with Gasteiger partial charge in [-0.05, 0) is 25.0 Å². The molecule has 2 aromatic rings. The van der Waals surface area contributed by atoms with Gasteiger partial charge >= 0.3 is 0 Å². The number of carbonyl (C=O) groups is 1. The van der Waals surface area contributed by atoms with Crippen LogP contribution >= 0.6 is 11.8 Å². The van der Waals surface area contributed by atoms with Crippen LogP contribution in [-0.4, -0.2) is 51.5 Å². The van der Waals surface area contributed by atoms with E-state index in [1.807, 2.05) is 40.8 Å². The molecule has 1 aromatic heterocycles. The average molecular weight is 360 g/mol. The van der Waals surface area contributed by atoms with Crippen LogP contribution in [0, 0.1) is 0 Å². The summed E-state index contributed by atoms with van der Waals surface area (Å²) in [5.41, 5.74) is 0.866. The number of amides is 1. The van der Waals surface area contributed by atoms with Gasteiger partial charge in [-0.1, -0.05) is 43.2 Å². The van der Waals surface area contributed by atoms with Gasteiger partial charge in [0.1, 0.15) is 12.1 Å². The van der Waals surface area contributed by atoms with Crippen LogP contribution in [0.1, 0.15) is 32.1 Å². The molecule has 0 radical (unpaired) electrons. The zero-order chi connectivity index (χ0) is 17.6. The quantitative estimate of drug-likeness (QED) is 0.741. The van der Waals surface area contributed by atoms with E-state index in [0.717, 1.165) is 24.3 Å². The predicted octanol–water partition coefficient (Wildman–Crippen LogP) is 3.16. The van der Waals surface area contributed by atoms with Gasteiger partial charge < -0.3 is 9.64 Å². The first kappa shape index (κ1) is 17.8. The fraction of sp³-hybridized carbons (Fsp3) is 0.500. The number of hydrogen-bond donors (Lipinski definition) is 0. The Bertz CT molecular complexity index is 713. The van der Waals surface area contributed by atoms with Crippen molar-refractivity contribution in [1.29, 1.82) is 0 Å². The Morgan fingerprint density at radius 1 is 1.32 bits per heavy atom. The minimum Gasteiger partial charge on any atom is -0.495 e. The van der Waals surface area contributed by atoms with Crippen LogP contribution in [0.4, 0.5) is 0 Å². The number of nitrogens with zero attached hydrogens (tertiary/aromatic N) is 4. The van der Waals surface area contributed by atoms with Gasteiger partial charge in [0.25, 0.3) is 0 Å². The van der Waals surface area contributed by atoms with Crippen LogP contribution < -0.4 is 4.74 Å². The van der Waals surface area contributed by atoms with E-state index in [2.05, 4.69) is 10.2 Å². The fourth-order valence-corrected chi connectivity index (χ4v) is 4.06. The molecule has 25 heavy (non-hydrogen) atoms. The van der Waals surface area contributed by atoms with E-state index >= 15 is 0 Å². The van der Waals surface area contributed by atoms with Crippen molar-refractivity contribution in [3.8, 4) is 11.4 Å². The third kappa shape index (κ3) is 4.15. The molecule has 3 rings (SSSR count). The largest absolute Gasteiger partial charge is 0.495 e. The molecule has 1 fully saturated rings. The summed E-state index contributed by atoms with van der Waals surface area (Å²) in [6.07, 6.45) is 7.61. The summed E-state index contributed by atoms with van der Waals surface area (Å²) in [6.45, 7) is 0. The Morgan fingerprint density at radius 3 is 2.84 bits per heavy atom. The summed E-state index contributed by atoms with van der Waals surface area (Å²) < 4.78 is 7.26. The van der Waals surface area contributed by atoms with Crippen LogP contribution in [-0.2, 0) is 4.79 Å². The second kappa shape index (κ2) is 8.38. The third-order valence-corrected chi connectivity index (χ3v) is 5.63. The Balaban J connectivity index is 1.66. The van der Waals surface area contributed by atoms with E-state index in [1.165, 1.54) is 31.0 Å². The van der Waals surface area contributed by atoms with Gasteiger partial charge in [0.15, 0.2) is 5.16 Å². The minimum atomic E-state index is 0.145. The van der Waals surface area contributed by atoms with Gasteiger partial charge in [0, 0.05) is 13.1 Å². The van der Waals surface area contributed by atoms with E-state index in [9.17, 15) is 4.79 Å². The number of methoxy groups -OCH3 is 1. The SMILES string of the molecule is COc1ccccc1-n1cnnc1SCC(=O)N(C)C1CCCCC1. The van der Waals surface area contributed by atoms with Crippen LogP contribution in [0.5, 0.6) is 5.75 Å². The van der Waals surface area contributed by atoms with E-state index in [-0.39, 0.29) is 5.91 Å². The van der Waals surface area contributed by atoms with E-state index < -0.39 is 0 Å². The number of rotatable bonds is 6. The van der Waals surface area contributed by atoms with Crippen LogP contribution in [0.2, 0.25) is 0 Å². The highest BCUT2D eigenvalue weighted by Gasteiger charge is 2.22. The maximum Gasteiger partial charge on any atom is 0.233 e. The van der Waals surface area contributed by atoms with Gasteiger partial charge in [-0.25, -0.2) is 0 Å². The number of benzene rings is 1. The summed E-state index contributed by atoms with van der Waals surface area (Å²) in [5, 5.41) is 8.85. The normalized spacial score (nSPS) is 15.1. The lowest BCUT2D eigenvalue weighted by Crippen LogP contribution is -2.39. The van der Waals surface area contributed by atoms with Crippen LogP contribution in [0.25, 0.3) is 5.69 Å². The van der Waals surface area contributed by atoms with Crippen molar-refractivity contribution >= 4 is 17.7 Å². The molecule has 0 spiro atoms. The third-order valence-electron chi connectivity index (χ3n) is 4.70. The van der Waals surface area contributed by atoms with Crippen molar-refractivity contribution in [3.05, 3.63) is 30.6 Å². The lowest BCUT2D eigenvalue weighted by atomic mass is 9.94. The zero-order valence-electron chi connectivity index (χ0n) is 14.7. The second-order valence-electron chi connectivity index (χ2n) is 6.24. The van der Waals surface area contributed by atoms with E-state index in [4.69, 9.17) is 4.74 Å². The lowest BCUT2D eigenvalue weighted by molar-refractivity contribution is -0.129. The highest BCUT2D eigenvalue weighted by atomic mass is 32.2. The molecule has 0 aliphatic heterocycles. The molecule has 7 heteroatoms. The van der Waals surface area contributed by atoms with Gasteiger partial charge in [-0.15, -0.1) is 10.2 Å². The Labute approximate surface area is 152 Å². The first-order valence-electron chi connectivity index (χ1n) is 8.62. The van der Waals surface area contributed by atoms with Crippen LogP contribution in [0.3, 0.4) is 0 Å². The first-order valence-corrected chi connectivity index (χ1v) is 9.61. The highest BCUT2D eigenvalue weighted by Crippen LogP contribution is 2.27. The Kier molecular flexibility index (Phi) is 5.96. The standard InChI is InChI=1S/C18H24N4O2S/c1-21(14-8-4-3-5-9-14)17(23)12-25-18-20-19-13-22(18)15-10-6-7-11-16(15)24-2/h6-7,10-11,13-14H,3-5,8-9,12H2,1-2H3. The molecule has 0 atom stereocenters. The van der Waals surface area contributed by atoms with Crippen molar-refractivity contribution in [2.75, 3.05) is 19.9 Å². The van der Waals surface area contributed by atoms with Gasteiger partial charge in [0.2, 0.25) is 5.91 Å². The minimum absolute atomic E-state index is 0.145. The summed E-state index contributed by atoms with van der Waals surface area (Å²) in [7, 11) is 3.56. The molecule has 1 aromatic carbocycles.